The molecule has 0 bridgehead atoms. The van der Waals surface area contributed by atoms with E-state index < -0.39 is 0 Å². The van der Waals surface area contributed by atoms with Crippen molar-refractivity contribution in [1.29, 1.82) is 0 Å². The molecule has 1 saturated heterocycles. The third kappa shape index (κ3) is 3.53. The largest absolute Gasteiger partial charge is 0.411 e. The van der Waals surface area contributed by atoms with Crippen molar-refractivity contribution in [3.8, 4) is 0 Å². The number of nitrogens with zero attached hydrogens (tertiary/aromatic N) is 2. The van der Waals surface area contributed by atoms with Crippen LogP contribution in [-0.4, -0.2) is 31.8 Å². The molecule has 1 fully saturated rings. The van der Waals surface area contributed by atoms with Gasteiger partial charge in [0.2, 0.25) is 0 Å². The molecular formula is C9H16N2OS2. The minimum absolute atomic E-state index is 0.0308. The topological polar surface area (TPSA) is 45.0 Å². The molecule has 0 aliphatic carbocycles. The molecule has 3 nitrogen and oxygen atoms in total. The lowest BCUT2D eigenvalue weighted by Crippen LogP contribution is -2.21. The van der Waals surface area contributed by atoms with Crippen molar-refractivity contribution in [2.45, 2.75) is 38.0 Å². The zero-order chi connectivity index (χ0) is 10.8. The van der Waals surface area contributed by atoms with Crippen LogP contribution in [0.25, 0.3) is 0 Å². The Morgan fingerprint density at radius 2 is 2.14 bits per heavy atom. The first-order valence-corrected chi connectivity index (χ1v) is 6.25. The Kier molecular flexibility index (Phi) is 3.53. The minimum atomic E-state index is -0.108. The van der Waals surface area contributed by atoms with Gasteiger partial charge in [-0.05, 0) is 27.7 Å². The fourth-order valence-electron chi connectivity index (χ4n) is 0.978. The van der Waals surface area contributed by atoms with E-state index >= 15 is 0 Å². The van der Waals surface area contributed by atoms with Gasteiger partial charge in [-0.3, -0.25) is 4.99 Å². The van der Waals surface area contributed by atoms with Crippen LogP contribution in [0.2, 0.25) is 0 Å². The first-order chi connectivity index (χ1) is 6.35. The molecule has 1 N–H and O–H groups in total. The maximum Gasteiger partial charge on any atom is 0.126 e. The monoisotopic (exact) mass is 232 g/mol. The Balaban J connectivity index is 2.70. The molecule has 0 saturated carbocycles. The molecule has 0 aromatic rings. The smallest absolute Gasteiger partial charge is 0.126 e. The van der Waals surface area contributed by atoms with Crippen molar-refractivity contribution >= 4 is 34.1 Å². The lowest BCUT2D eigenvalue weighted by molar-refractivity contribution is 0.320. The molecule has 1 rings (SSSR count). The van der Waals surface area contributed by atoms with Crippen molar-refractivity contribution in [3.63, 3.8) is 0 Å². The molecule has 80 valence electrons. The van der Waals surface area contributed by atoms with Gasteiger partial charge >= 0.3 is 0 Å². The van der Waals surface area contributed by atoms with Crippen molar-refractivity contribution in [1.82, 2.24) is 0 Å². The molecule has 1 unspecified atom stereocenters. The van der Waals surface area contributed by atoms with Crippen molar-refractivity contribution < 1.29 is 5.21 Å². The summed E-state index contributed by atoms with van der Waals surface area (Å²) in [7, 11) is 0. The summed E-state index contributed by atoms with van der Waals surface area (Å²) >= 11 is 3.39. The summed E-state index contributed by atoms with van der Waals surface area (Å²) in [5.74, 6) is 0.913. The second-order valence-corrected chi connectivity index (χ2v) is 7.24. The van der Waals surface area contributed by atoms with E-state index in [9.17, 15) is 0 Å². The fourth-order valence-corrected chi connectivity index (χ4v) is 4.02. The van der Waals surface area contributed by atoms with Gasteiger partial charge in [0.1, 0.15) is 4.38 Å². The van der Waals surface area contributed by atoms with E-state index in [0.717, 1.165) is 10.1 Å². The quantitative estimate of drug-likeness (QED) is 0.429. The van der Waals surface area contributed by atoms with E-state index in [1.807, 2.05) is 0 Å². The summed E-state index contributed by atoms with van der Waals surface area (Å²) in [5, 5.41) is 11.6. The summed E-state index contributed by atoms with van der Waals surface area (Å²) in [4.78, 5) is 4.59. The Hall–Kier alpha value is -0.160. The first kappa shape index (κ1) is 11.9. The Labute approximate surface area is 93.4 Å². The number of aliphatic imine (C=N–C) groups is 1. The van der Waals surface area contributed by atoms with Gasteiger partial charge < -0.3 is 5.21 Å². The van der Waals surface area contributed by atoms with Crippen LogP contribution in [0.5, 0.6) is 0 Å². The van der Waals surface area contributed by atoms with Crippen LogP contribution in [0.15, 0.2) is 10.1 Å². The fraction of sp³-hybridized carbons (Fsp3) is 0.778. The summed E-state index contributed by atoms with van der Waals surface area (Å²) < 4.78 is 0.976. The number of rotatable bonds is 1. The van der Waals surface area contributed by atoms with E-state index in [1.165, 1.54) is 0 Å². The van der Waals surface area contributed by atoms with Crippen molar-refractivity contribution in [3.05, 3.63) is 0 Å². The lowest BCUT2D eigenvalue weighted by atomic mass is 10.1. The zero-order valence-electron chi connectivity index (χ0n) is 8.94. The molecular weight excluding hydrogens is 216 g/mol. The standard InChI is InChI=1S/C9H16N2OS2/c1-8(2,3)11-7-13-6-9(4,14-7)5-10-12/h5,12H,6H2,1-4H3/b10-5+,11-7?. The normalized spacial score (nSPS) is 31.9. The van der Waals surface area contributed by atoms with E-state index in [-0.39, 0.29) is 10.3 Å². The van der Waals surface area contributed by atoms with Gasteiger partial charge in [0.15, 0.2) is 0 Å². The molecule has 1 aliphatic heterocycles. The molecule has 0 radical (unpaired) electrons. The Bertz CT molecular complexity index is 270. The number of oxime groups is 1. The van der Waals surface area contributed by atoms with Gasteiger partial charge in [-0.2, -0.15) is 0 Å². The maximum atomic E-state index is 8.52. The van der Waals surface area contributed by atoms with Crippen LogP contribution in [0, 0.1) is 0 Å². The number of thioether (sulfide) groups is 2. The second kappa shape index (κ2) is 4.14. The van der Waals surface area contributed by atoms with E-state index in [0.29, 0.717) is 0 Å². The average Bonchev–Trinajstić information content (AvgIpc) is 2.29. The minimum Gasteiger partial charge on any atom is -0.411 e. The Morgan fingerprint density at radius 1 is 1.50 bits per heavy atom. The van der Waals surface area contributed by atoms with Gasteiger partial charge in [-0.1, -0.05) is 23.5 Å². The number of hydrogen-bond acceptors (Lipinski definition) is 5. The lowest BCUT2D eigenvalue weighted by Gasteiger charge is -2.14. The summed E-state index contributed by atoms with van der Waals surface area (Å²) in [6.07, 6.45) is 1.58. The molecule has 0 aromatic heterocycles. The third-order valence-electron chi connectivity index (χ3n) is 1.56. The molecule has 0 spiro atoms. The van der Waals surface area contributed by atoms with Gasteiger partial charge in [0, 0.05) is 5.75 Å². The molecule has 1 atom stereocenters. The van der Waals surface area contributed by atoms with Gasteiger partial charge in [0.25, 0.3) is 0 Å². The van der Waals surface area contributed by atoms with E-state index in [1.54, 1.807) is 29.7 Å². The molecule has 1 aliphatic rings. The first-order valence-electron chi connectivity index (χ1n) is 4.45. The molecule has 1 heterocycles. The molecule has 14 heavy (non-hydrogen) atoms. The molecule has 0 amide bonds. The van der Waals surface area contributed by atoms with Crippen LogP contribution in [0.4, 0.5) is 0 Å². The predicted molar refractivity (Wildman–Crippen MR) is 65.9 cm³/mol. The Morgan fingerprint density at radius 3 is 2.64 bits per heavy atom. The molecule has 5 heteroatoms. The van der Waals surface area contributed by atoms with E-state index in [4.69, 9.17) is 5.21 Å². The third-order valence-corrected chi connectivity index (χ3v) is 4.41. The highest BCUT2D eigenvalue weighted by molar-refractivity contribution is 8.42. The average molecular weight is 232 g/mol. The predicted octanol–water partition coefficient (Wildman–Crippen LogP) is 2.84. The van der Waals surface area contributed by atoms with Crippen LogP contribution >= 0.6 is 23.5 Å². The number of hydrogen-bond donors (Lipinski definition) is 1. The summed E-state index contributed by atoms with van der Waals surface area (Å²) in [6, 6.07) is 0. The highest BCUT2D eigenvalue weighted by Crippen LogP contribution is 2.41. The summed E-state index contributed by atoms with van der Waals surface area (Å²) in [6.45, 7) is 8.29. The van der Waals surface area contributed by atoms with Crippen LogP contribution in [-0.2, 0) is 0 Å². The maximum absolute atomic E-state index is 8.52. The zero-order valence-corrected chi connectivity index (χ0v) is 10.6. The van der Waals surface area contributed by atoms with Crippen molar-refractivity contribution in [2.75, 3.05) is 5.75 Å². The van der Waals surface area contributed by atoms with Gasteiger partial charge in [-0.15, -0.1) is 5.16 Å². The highest BCUT2D eigenvalue weighted by Gasteiger charge is 2.34. The SMILES string of the molecule is CC(C)(C)N=C1SCC(C)(/C=N/O)S1. The van der Waals surface area contributed by atoms with Gasteiger partial charge in [-0.25, -0.2) is 0 Å². The summed E-state index contributed by atoms with van der Waals surface area (Å²) in [5.41, 5.74) is -0.0308. The van der Waals surface area contributed by atoms with Crippen LogP contribution < -0.4 is 0 Å². The second-order valence-electron chi connectivity index (χ2n) is 4.50. The van der Waals surface area contributed by atoms with Crippen LogP contribution in [0.3, 0.4) is 0 Å². The van der Waals surface area contributed by atoms with E-state index in [2.05, 4.69) is 37.8 Å². The molecule has 0 aromatic carbocycles. The van der Waals surface area contributed by atoms with Crippen molar-refractivity contribution in [2.24, 2.45) is 10.1 Å². The van der Waals surface area contributed by atoms with Crippen LogP contribution in [0.1, 0.15) is 27.7 Å². The highest BCUT2D eigenvalue weighted by atomic mass is 32.2. The van der Waals surface area contributed by atoms with Gasteiger partial charge in [0.05, 0.1) is 16.5 Å².